The van der Waals surface area contributed by atoms with Gasteiger partial charge in [-0.05, 0) is 32.8 Å². The van der Waals surface area contributed by atoms with Crippen molar-refractivity contribution in [2.45, 2.75) is 37.9 Å². The molecular formula is C17H21N5O2S. The van der Waals surface area contributed by atoms with Gasteiger partial charge in [0, 0.05) is 47.6 Å². The smallest absolute Gasteiger partial charge is 0.216 e. The zero-order valence-corrected chi connectivity index (χ0v) is 15.1. The molecule has 0 amide bonds. The quantitative estimate of drug-likeness (QED) is 0.775. The minimum absolute atomic E-state index is 0.0407. The van der Waals surface area contributed by atoms with Crippen molar-refractivity contribution in [1.29, 1.82) is 0 Å². The minimum Gasteiger partial charge on any atom is -0.346 e. The largest absolute Gasteiger partial charge is 0.346 e. The average molecular weight is 359 g/mol. The summed E-state index contributed by atoms with van der Waals surface area (Å²) >= 11 is 0. The lowest BCUT2D eigenvalue weighted by molar-refractivity contribution is 0.310. The number of hydrogen-bond acceptors (Lipinski definition) is 5. The third-order valence-corrected chi connectivity index (χ3v) is 7.20. The topological polar surface area (TPSA) is 91.8 Å². The maximum Gasteiger partial charge on any atom is 0.216 e. The van der Waals surface area contributed by atoms with E-state index in [1.165, 1.54) is 0 Å². The molecule has 0 saturated carbocycles. The molecule has 8 heteroatoms. The second-order valence-corrected chi connectivity index (χ2v) is 9.34. The van der Waals surface area contributed by atoms with Gasteiger partial charge in [0.2, 0.25) is 10.0 Å². The summed E-state index contributed by atoms with van der Waals surface area (Å²) in [5.41, 5.74) is 1.68. The number of aromatic amines is 1. The Morgan fingerprint density at radius 3 is 2.96 bits per heavy atom. The Morgan fingerprint density at radius 2 is 2.16 bits per heavy atom. The monoisotopic (exact) mass is 359 g/mol. The summed E-state index contributed by atoms with van der Waals surface area (Å²) in [6.07, 6.45) is 7.10. The Bertz CT molecular complexity index is 1030. The molecule has 1 N–H and O–H groups in total. The normalized spacial score (nSPS) is 19.9. The molecule has 3 aromatic rings. The molecule has 1 atom stereocenters. The van der Waals surface area contributed by atoms with E-state index in [2.05, 4.69) is 20.2 Å². The lowest BCUT2D eigenvalue weighted by atomic mass is 9.92. The molecule has 1 unspecified atom stereocenters. The van der Waals surface area contributed by atoms with Crippen molar-refractivity contribution in [1.82, 2.24) is 24.5 Å². The van der Waals surface area contributed by atoms with Gasteiger partial charge in [-0.1, -0.05) is 0 Å². The summed E-state index contributed by atoms with van der Waals surface area (Å²) in [7, 11) is -3.26. The molecule has 0 aliphatic carbocycles. The maximum atomic E-state index is 12.6. The van der Waals surface area contributed by atoms with Gasteiger partial charge in [0.05, 0.1) is 17.1 Å². The molecule has 3 aromatic heterocycles. The van der Waals surface area contributed by atoms with Gasteiger partial charge in [-0.3, -0.25) is 0 Å². The van der Waals surface area contributed by atoms with Crippen LogP contribution in [0.1, 0.15) is 38.3 Å². The van der Waals surface area contributed by atoms with Gasteiger partial charge in [0.25, 0.3) is 0 Å². The van der Waals surface area contributed by atoms with Gasteiger partial charge in [0.15, 0.2) is 0 Å². The van der Waals surface area contributed by atoms with Crippen LogP contribution in [0.3, 0.4) is 0 Å². The van der Waals surface area contributed by atoms with Crippen molar-refractivity contribution in [3.63, 3.8) is 0 Å². The number of H-pyrrole nitrogens is 1. The van der Waals surface area contributed by atoms with Crippen LogP contribution in [0.4, 0.5) is 0 Å². The summed E-state index contributed by atoms with van der Waals surface area (Å²) in [5, 5.41) is 11.1. The van der Waals surface area contributed by atoms with Crippen molar-refractivity contribution in [2.75, 3.05) is 13.1 Å². The Hall–Kier alpha value is -2.06. The molecule has 132 valence electrons. The fraction of sp³-hybridized carbons (Fsp3) is 0.471. The zero-order chi connectivity index (χ0) is 17.6. The molecule has 7 nitrogen and oxygen atoms in total. The molecule has 1 aliphatic heterocycles. The number of nitrogens with zero attached hydrogens (tertiary/aromatic N) is 4. The number of nitrogens with one attached hydrogen (secondary N) is 1. The number of aromatic nitrogens is 4. The lowest BCUT2D eigenvalue weighted by Gasteiger charge is -2.33. The van der Waals surface area contributed by atoms with Crippen LogP contribution in [-0.4, -0.2) is 51.2 Å². The predicted molar refractivity (Wildman–Crippen MR) is 96.8 cm³/mol. The molecule has 0 aromatic carbocycles. The molecule has 25 heavy (non-hydrogen) atoms. The van der Waals surface area contributed by atoms with E-state index in [0.717, 1.165) is 40.3 Å². The average Bonchev–Trinajstić information content (AvgIpc) is 3.10. The highest BCUT2D eigenvalue weighted by Crippen LogP contribution is 2.34. The first-order valence-corrected chi connectivity index (χ1v) is 10.0. The van der Waals surface area contributed by atoms with Crippen LogP contribution >= 0.6 is 0 Å². The Labute approximate surface area is 146 Å². The van der Waals surface area contributed by atoms with Crippen LogP contribution in [0.2, 0.25) is 0 Å². The second kappa shape index (κ2) is 6.03. The molecule has 4 rings (SSSR count). The van der Waals surface area contributed by atoms with Crippen LogP contribution in [0.15, 0.2) is 24.7 Å². The van der Waals surface area contributed by atoms with Gasteiger partial charge in [-0.25, -0.2) is 17.7 Å². The van der Waals surface area contributed by atoms with E-state index in [1.807, 2.05) is 12.3 Å². The van der Waals surface area contributed by atoms with Crippen molar-refractivity contribution in [3.8, 4) is 0 Å². The van der Waals surface area contributed by atoms with Crippen LogP contribution in [0, 0.1) is 0 Å². The van der Waals surface area contributed by atoms with Gasteiger partial charge in [-0.2, -0.15) is 10.2 Å². The predicted octanol–water partition coefficient (Wildman–Crippen LogP) is 2.42. The van der Waals surface area contributed by atoms with E-state index in [9.17, 15) is 8.42 Å². The molecule has 0 bridgehead atoms. The summed E-state index contributed by atoms with van der Waals surface area (Å²) in [4.78, 5) is 7.53. The fourth-order valence-corrected chi connectivity index (χ4v) is 4.96. The molecule has 0 radical (unpaired) electrons. The van der Waals surface area contributed by atoms with E-state index in [4.69, 9.17) is 0 Å². The third kappa shape index (κ3) is 2.69. The number of rotatable bonds is 3. The molecule has 1 fully saturated rings. The van der Waals surface area contributed by atoms with E-state index in [0.29, 0.717) is 13.1 Å². The number of piperidine rings is 1. The first-order valence-electron chi connectivity index (χ1n) is 8.55. The zero-order valence-electron chi connectivity index (χ0n) is 14.3. The summed E-state index contributed by atoms with van der Waals surface area (Å²) < 4.78 is 26.8. The third-order valence-electron chi connectivity index (χ3n) is 4.96. The Balaban J connectivity index is 1.80. The highest BCUT2D eigenvalue weighted by molar-refractivity contribution is 7.89. The van der Waals surface area contributed by atoms with Crippen molar-refractivity contribution < 1.29 is 8.42 Å². The van der Waals surface area contributed by atoms with Gasteiger partial charge in [0.1, 0.15) is 5.65 Å². The Morgan fingerprint density at radius 1 is 1.32 bits per heavy atom. The van der Waals surface area contributed by atoms with Gasteiger partial charge in [-0.15, -0.1) is 0 Å². The summed E-state index contributed by atoms with van der Waals surface area (Å²) in [5.74, 6) is 0.0407. The van der Waals surface area contributed by atoms with E-state index in [-0.39, 0.29) is 5.92 Å². The van der Waals surface area contributed by atoms with Crippen molar-refractivity contribution in [2.24, 2.45) is 0 Å². The number of pyridine rings is 1. The molecule has 1 saturated heterocycles. The molecular weight excluding hydrogens is 338 g/mol. The summed E-state index contributed by atoms with van der Waals surface area (Å²) in [6, 6.07) is 1.99. The second-order valence-electron chi connectivity index (χ2n) is 6.85. The lowest BCUT2D eigenvalue weighted by Crippen LogP contribution is -2.42. The van der Waals surface area contributed by atoms with Gasteiger partial charge >= 0.3 is 0 Å². The van der Waals surface area contributed by atoms with Crippen LogP contribution in [0.25, 0.3) is 21.8 Å². The van der Waals surface area contributed by atoms with Crippen LogP contribution in [-0.2, 0) is 10.0 Å². The standard InChI is InChI=1S/C17H21N5O2S/c1-11(2)25(23,24)22-7-3-4-12(10-22)16-15-13(9-20-21-16)8-19-17-14(15)5-6-18-17/h5-6,8-9,11-12H,3-4,7,10H2,1-2H3,(H,18,19). The first kappa shape index (κ1) is 16.4. The molecule has 0 spiro atoms. The maximum absolute atomic E-state index is 12.6. The Kier molecular flexibility index (Phi) is 3.96. The summed E-state index contributed by atoms with van der Waals surface area (Å²) in [6.45, 7) is 4.50. The highest BCUT2D eigenvalue weighted by atomic mass is 32.2. The number of fused-ring (bicyclic) bond motifs is 3. The van der Waals surface area contributed by atoms with Crippen LogP contribution < -0.4 is 0 Å². The van der Waals surface area contributed by atoms with Crippen molar-refractivity contribution >= 4 is 31.8 Å². The van der Waals surface area contributed by atoms with Gasteiger partial charge < -0.3 is 4.98 Å². The molecule has 1 aliphatic rings. The SMILES string of the molecule is CC(C)S(=O)(=O)N1CCCC(c2nncc3cnc4[nH]ccc4c23)C1. The van der Waals surface area contributed by atoms with E-state index < -0.39 is 15.3 Å². The van der Waals surface area contributed by atoms with Crippen LogP contribution in [0.5, 0.6) is 0 Å². The van der Waals surface area contributed by atoms with E-state index >= 15 is 0 Å². The highest BCUT2D eigenvalue weighted by Gasteiger charge is 2.33. The molecule has 4 heterocycles. The number of hydrogen-bond donors (Lipinski definition) is 1. The fourth-order valence-electron chi connectivity index (χ4n) is 3.59. The minimum atomic E-state index is -3.26. The first-order chi connectivity index (χ1) is 12.0. The van der Waals surface area contributed by atoms with E-state index in [1.54, 1.807) is 30.5 Å². The number of sulfonamides is 1. The van der Waals surface area contributed by atoms with Crippen molar-refractivity contribution in [3.05, 3.63) is 30.4 Å².